The summed E-state index contributed by atoms with van der Waals surface area (Å²) in [6.45, 7) is 2.85. The first kappa shape index (κ1) is 25.8. The highest BCUT2D eigenvalue weighted by Gasteiger charge is 2.30. The van der Waals surface area contributed by atoms with Gasteiger partial charge in [0.25, 0.3) is 5.91 Å². The lowest BCUT2D eigenvalue weighted by Gasteiger charge is -2.32. The summed E-state index contributed by atoms with van der Waals surface area (Å²) in [4.78, 5) is 31.8. The highest BCUT2D eigenvalue weighted by molar-refractivity contribution is 6.42. The van der Waals surface area contributed by atoms with Crippen molar-refractivity contribution in [2.75, 3.05) is 20.2 Å². The average molecular weight is 496 g/mol. The summed E-state index contributed by atoms with van der Waals surface area (Å²) < 4.78 is 5.50. The lowest BCUT2D eigenvalue weighted by molar-refractivity contribution is -0.135. The normalized spacial score (nSPS) is 24.8. The number of amides is 2. The van der Waals surface area contributed by atoms with Crippen molar-refractivity contribution < 1.29 is 14.3 Å². The predicted molar refractivity (Wildman–Crippen MR) is 133 cm³/mol. The van der Waals surface area contributed by atoms with Gasteiger partial charge in [0.2, 0.25) is 5.91 Å². The van der Waals surface area contributed by atoms with E-state index in [4.69, 9.17) is 27.9 Å². The maximum Gasteiger partial charge on any atom is 0.258 e. The fourth-order valence-corrected chi connectivity index (χ4v) is 5.00. The van der Waals surface area contributed by atoms with Gasteiger partial charge in [-0.3, -0.25) is 14.6 Å². The molecule has 33 heavy (non-hydrogen) atoms. The number of ether oxygens (including phenoxy) is 1. The minimum atomic E-state index is -0.175. The number of aliphatic imine (C=N–C) groups is 1. The monoisotopic (exact) mass is 495 g/mol. The van der Waals surface area contributed by atoms with E-state index in [0.29, 0.717) is 27.8 Å². The Hall–Kier alpha value is -1.79. The summed E-state index contributed by atoms with van der Waals surface area (Å²) in [6, 6.07) is 5.44. The Balaban J connectivity index is 1.36. The van der Waals surface area contributed by atoms with E-state index in [1.165, 1.54) is 6.42 Å². The molecule has 1 aliphatic carbocycles. The summed E-state index contributed by atoms with van der Waals surface area (Å²) in [6.07, 6.45) is 9.79. The zero-order valence-corrected chi connectivity index (χ0v) is 21.1. The van der Waals surface area contributed by atoms with Crippen LogP contribution in [0.1, 0.15) is 58.3 Å². The lowest BCUT2D eigenvalue weighted by Crippen LogP contribution is -2.43. The van der Waals surface area contributed by atoms with Gasteiger partial charge in [0, 0.05) is 49.8 Å². The molecule has 3 rings (SSSR count). The van der Waals surface area contributed by atoms with Crippen LogP contribution in [-0.4, -0.2) is 55.2 Å². The fraction of sp³-hybridized carbons (Fsp3) is 0.640. The molecule has 1 N–H and O–H groups in total. The lowest BCUT2D eigenvalue weighted by atomic mass is 9.85. The second-order valence-electron chi connectivity index (χ2n) is 9.28. The Morgan fingerprint density at radius 1 is 1.12 bits per heavy atom. The van der Waals surface area contributed by atoms with Gasteiger partial charge in [-0.05, 0) is 57.1 Å². The van der Waals surface area contributed by atoms with Gasteiger partial charge in [0.15, 0.2) is 6.61 Å². The summed E-state index contributed by atoms with van der Waals surface area (Å²) in [7, 11) is 1.91. The molecule has 1 aliphatic heterocycles. The molecule has 0 saturated heterocycles. The Kier molecular flexibility index (Phi) is 9.87. The van der Waals surface area contributed by atoms with Crippen LogP contribution in [0, 0.1) is 11.8 Å². The van der Waals surface area contributed by atoms with Crippen molar-refractivity contribution in [2.45, 2.75) is 70.4 Å². The van der Waals surface area contributed by atoms with Gasteiger partial charge in [0.05, 0.1) is 10.0 Å². The molecule has 1 saturated carbocycles. The van der Waals surface area contributed by atoms with Gasteiger partial charge in [-0.15, -0.1) is 0 Å². The number of carbonyl (C=O) groups is 2. The highest BCUT2D eigenvalue weighted by atomic mass is 35.5. The molecule has 0 aromatic heterocycles. The Morgan fingerprint density at radius 2 is 1.88 bits per heavy atom. The Morgan fingerprint density at radius 3 is 2.52 bits per heavy atom. The molecular weight excluding hydrogens is 461 g/mol. The van der Waals surface area contributed by atoms with Crippen LogP contribution in [0.15, 0.2) is 23.2 Å². The standard InChI is InChI=1S/C25H35Cl2N3O3/c1-3-4-19-8-5-17(14-28-19)15-30(2)25(32)18-6-9-20(10-7-18)29-24(31)16-33-21-11-12-22(26)23(27)13-21/h11-14,17-20H,3-10,15-16H2,1-2H3,(H,29,31). The third-order valence-corrected chi connectivity index (χ3v) is 7.33. The SMILES string of the molecule is CCCC1CCC(CN(C)C(=O)C2CCC(NC(=O)COc3ccc(Cl)c(Cl)c3)CC2)C=N1. The highest BCUT2D eigenvalue weighted by Crippen LogP contribution is 2.28. The summed E-state index contributed by atoms with van der Waals surface area (Å²) in [5.74, 6) is 0.931. The van der Waals surface area contributed by atoms with Gasteiger partial charge < -0.3 is 15.0 Å². The predicted octanol–water partition coefficient (Wildman–Crippen LogP) is 5.16. The van der Waals surface area contributed by atoms with E-state index in [0.717, 1.165) is 51.5 Å². The largest absolute Gasteiger partial charge is 0.484 e. The van der Waals surface area contributed by atoms with E-state index < -0.39 is 0 Å². The number of halogens is 2. The van der Waals surface area contributed by atoms with Crippen molar-refractivity contribution in [1.82, 2.24) is 10.2 Å². The molecular formula is C25H35Cl2N3O3. The van der Waals surface area contributed by atoms with Gasteiger partial charge in [0.1, 0.15) is 5.75 Å². The topological polar surface area (TPSA) is 71.0 Å². The maximum atomic E-state index is 12.9. The number of nitrogens with one attached hydrogen (secondary N) is 1. The van der Waals surface area contributed by atoms with Crippen LogP contribution in [0.5, 0.6) is 5.75 Å². The van der Waals surface area contributed by atoms with Crippen LogP contribution in [0.3, 0.4) is 0 Å². The van der Waals surface area contributed by atoms with Crippen molar-refractivity contribution in [3.8, 4) is 5.75 Å². The van der Waals surface area contributed by atoms with Crippen LogP contribution in [0.4, 0.5) is 0 Å². The molecule has 1 heterocycles. The van der Waals surface area contributed by atoms with Crippen LogP contribution in [-0.2, 0) is 9.59 Å². The maximum absolute atomic E-state index is 12.9. The van der Waals surface area contributed by atoms with Gasteiger partial charge in [-0.2, -0.15) is 0 Å². The molecule has 2 amide bonds. The van der Waals surface area contributed by atoms with Crippen LogP contribution in [0.2, 0.25) is 10.0 Å². The average Bonchev–Trinajstić information content (AvgIpc) is 2.81. The molecule has 1 aromatic carbocycles. The smallest absolute Gasteiger partial charge is 0.258 e. The molecule has 8 heteroatoms. The molecule has 6 nitrogen and oxygen atoms in total. The summed E-state index contributed by atoms with van der Waals surface area (Å²) in [5, 5.41) is 3.85. The van der Waals surface area contributed by atoms with Gasteiger partial charge in [-0.25, -0.2) is 0 Å². The van der Waals surface area contributed by atoms with E-state index in [2.05, 4.69) is 23.4 Å². The Labute approximate surface area is 207 Å². The fourth-order valence-electron chi connectivity index (χ4n) is 4.71. The third-order valence-electron chi connectivity index (χ3n) is 6.59. The zero-order valence-electron chi connectivity index (χ0n) is 19.6. The number of carbonyl (C=O) groups excluding carboxylic acids is 2. The molecule has 2 unspecified atom stereocenters. The Bertz CT molecular complexity index is 840. The first-order valence-electron chi connectivity index (χ1n) is 12.0. The van der Waals surface area contributed by atoms with Gasteiger partial charge >= 0.3 is 0 Å². The number of hydrogen-bond acceptors (Lipinski definition) is 4. The van der Waals surface area contributed by atoms with Crippen LogP contribution in [0.25, 0.3) is 0 Å². The number of nitrogens with zero attached hydrogens (tertiary/aromatic N) is 2. The molecule has 1 aromatic rings. The first-order chi connectivity index (χ1) is 15.9. The van der Waals surface area contributed by atoms with Crippen LogP contribution < -0.4 is 10.1 Å². The summed E-state index contributed by atoms with van der Waals surface area (Å²) >= 11 is 11.9. The molecule has 182 valence electrons. The van der Waals surface area contributed by atoms with Crippen molar-refractivity contribution in [3.05, 3.63) is 28.2 Å². The minimum Gasteiger partial charge on any atom is -0.484 e. The van der Waals surface area contributed by atoms with Crippen LogP contribution >= 0.6 is 23.2 Å². The van der Waals surface area contributed by atoms with Crippen molar-refractivity contribution in [3.63, 3.8) is 0 Å². The quantitative estimate of drug-likeness (QED) is 0.514. The molecule has 0 spiro atoms. The molecule has 2 atom stereocenters. The molecule has 0 bridgehead atoms. The first-order valence-corrected chi connectivity index (χ1v) is 12.8. The number of benzene rings is 1. The van der Waals surface area contributed by atoms with Gasteiger partial charge in [-0.1, -0.05) is 36.5 Å². The zero-order chi connectivity index (χ0) is 23.8. The molecule has 1 fully saturated rings. The number of rotatable bonds is 9. The third kappa shape index (κ3) is 7.89. The van der Waals surface area contributed by atoms with Crippen molar-refractivity contribution in [2.24, 2.45) is 16.8 Å². The van der Waals surface area contributed by atoms with E-state index in [-0.39, 0.29) is 30.4 Å². The van der Waals surface area contributed by atoms with E-state index in [1.807, 2.05) is 11.9 Å². The molecule has 2 aliphatic rings. The number of hydrogen-bond donors (Lipinski definition) is 1. The molecule has 0 radical (unpaired) electrons. The van der Waals surface area contributed by atoms with E-state index in [1.54, 1.807) is 18.2 Å². The minimum absolute atomic E-state index is 0.0315. The van der Waals surface area contributed by atoms with E-state index in [9.17, 15) is 9.59 Å². The van der Waals surface area contributed by atoms with Crippen molar-refractivity contribution in [1.29, 1.82) is 0 Å². The second kappa shape index (κ2) is 12.6. The van der Waals surface area contributed by atoms with Crippen molar-refractivity contribution >= 4 is 41.2 Å². The second-order valence-corrected chi connectivity index (χ2v) is 10.1. The van der Waals surface area contributed by atoms with E-state index >= 15 is 0 Å². The summed E-state index contributed by atoms with van der Waals surface area (Å²) in [5.41, 5.74) is 0.